The van der Waals surface area contributed by atoms with Crippen molar-refractivity contribution in [3.63, 3.8) is 0 Å². The van der Waals surface area contributed by atoms with Gasteiger partial charge in [-0.3, -0.25) is 9.59 Å². The van der Waals surface area contributed by atoms with Crippen molar-refractivity contribution in [1.29, 1.82) is 0 Å². The van der Waals surface area contributed by atoms with Crippen LogP contribution in [0.25, 0.3) is 0 Å². The highest BCUT2D eigenvalue weighted by Crippen LogP contribution is 2.40. The average molecular weight is 470 g/mol. The van der Waals surface area contributed by atoms with Gasteiger partial charge < -0.3 is 18.9 Å². The average Bonchev–Trinajstić information content (AvgIpc) is 2.77. The standard InChI is InChI=1S/C20H21Cl2N3O6/c1-11(26)18(24-23-14-8-12(21)9-17(30-4)19(14)31-5)20(27)25(22)15-10-13(28-2)6-7-16(15)29-3/h6-10,18H,1-5H3. The lowest BCUT2D eigenvalue weighted by molar-refractivity contribution is -0.126. The lowest BCUT2D eigenvalue weighted by Gasteiger charge is -2.19. The highest BCUT2D eigenvalue weighted by molar-refractivity contribution is 6.39. The first-order valence-corrected chi connectivity index (χ1v) is 9.53. The van der Waals surface area contributed by atoms with Crippen molar-refractivity contribution >= 4 is 46.4 Å². The van der Waals surface area contributed by atoms with Gasteiger partial charge in [-0.15, -0.1) is 0 Å². The lowest BCUT2D eigenvalue weighted by atomic mass is 10.2. The number of ether oxygens (including phenoxy) is 4. The van der Waals surface area contributed by atoms with Crippen molar-refractivity contribution < 1.29 is 28.5 Å². The molecule has 1 unspecified atom stereocenters. The van der Waals surface area contributed by atoms with Crippen LogP contribution in [-0.2, 0) is 9.59 Å². The topological polar surface area (TPSA) is 99.0 Å². The molecule has 0 saturated heterocycles. The van der Waals surface area contributed by atoms with E-state index >= 15 is 0 Å². The number of halogens is 2. The maximum atomic E-state index is 13.0. The minimum absolute atomic E-state index is 0.172. The number of benzene rings is 2. The van der Waals surface area contributed by atoms with Crippen LogP contribution in [0.4, 0.5) is 11.4 Å². The molecule has 0 spiro atoms. The molecule has 0 saturated carbocycles. The van der Waals surface area contributed by atoms with E-state index < -0.39 is 17.7 Å². The summed E-state index contributed by atoms with van der Waals surface area (Å²) in [6.07, 6.45) is 0. The summed E-state index contributed by atoms with van der Waals surface area (Å²) in [5.41, 5.74) is 0.350. The molecule has 0 aliphatic heterocycles. The number of methoxy groups -OCH3 is 4. The highest BCUT2D eigenvalue weighted by Gasteiger charge is 2.30. The van der Waals surface area contributed by atoms with Crippen LogP contribution in [0.1, 0.15) is 6.92 Å². The normalized spacial score (nSPS) is 11.7. The van der Waals surface area contributed by atoms with Crippen LogP contribution < -0.4 is 23.4 Å². The second-order valence-electron chi connectivity index (χ2n) is 6.05. The second-order valence-corrected chi connectivity index (χ2v) is 6.82. The van der Waals surface area contributed by atoms with Gasteiger partial charge in [-0.2, -0.15) is 10.2 Å². The summed E-state index contributed by atoms with van der Waals surface area (Å²) in [6.45, 7) is 1.20. The van der Waals surface area contributed by atoms with E-state index in [1.54, 1.807) is 12.1 Å². The largest absolute Gasteiger partial charge is 0.497 e. The summed E-state index contributed by atoms with van der Waals surface area (Å²) >= 11 is 12.3. The minimum atomic E-state index is -1.52. The third-order valence-electron chi connectivity index (χ3n) is 4.11. The number of carbonyl (C=O) groups excluding carboxylic acids is 2. The van der Waals surface area contributed by atoms with E-state index in [-0.39, 0.29) is 17.1 Å². The summed E-state index contributed by atoms with van der Waals surface area (Å²) in [5, 5.41) is 8.19. The molecular weight excluding hydrogens is 449 g/mol. The monoisotopic (exact) mass is 469 g/mol. The van der Waals surface area contributed by atoms with E-state index in [2.05, 4.69) is 10.2 Å². The number of ketones is 1. The molecule has 0 heterocycles. The quantitative estimate of drug-likeness (QED) is 0.302. The Morgan fingerprint density at radius 1 is 0.968 bits per heavy atom. The number of hydrogen-bond acceptors (Lipinski definition) is 8. The van der Waals surface area contributed by atoms with E-state index in [4.69, 9.17) is 42.3 Å². The molecule has 0 radical (unpaired) electrons. The molecule has 0 aliphatic carbocycles. The number of azo groups is 1. The molecule has 11 heteroatoms. The molecule has 1 atom stereocenters. The van der Waals surface area contributed by atoms with E-state index in [9.17, 15) is 9.59 Å². The van der Waals surface area contributed by atoms with Gasteiger partial charge >= 0.3 is 0 Å². The van der Waals surface area contributed by atoms with E-state index in [0.29, 0.717) is 22.3 Å². The summed E-state index contributed by atoms with van der Waals surface area (Å²) in [7, 11) is 5.73. The SMILES string of the molecule is COc1ccc(OC)c(N(Cl)C(=O)C(N=Nc2cc(Cl)cc(OC)c2OC)C(C)=O)c1. The van der Waals surface area contributed by atoms with Crippen LogP contribution in [0.3, 0.4) is 0 Å². The number of anilines is 1. The van der Waals surface area contributed by atoms with Crippen molar-refractivity contribution in [3.05, 3.63) is 35.4 Å². The van der Waals surface area contributed by atoms with Crippen molar-refractivity contribution in [2.24, 2.45) is 10.2 Å². The maximum Gasteiger partial charge on any atom is 0.276 e. The van der Waals surface area contributed by atoms with Gasteiger partial charge in [0.1, 0.15) is 22.9 Å². The fourth-order valence-corrected chi connectivity index (χ4v) is 3.01. The van der Waals surface area contributed by atoms with Crippen molar-refractivity contribution in [2.75, 3.05) is 32.9 Å². The van der Waals surface area contributed by atoms with Crippen LogP contribution in [0.2, 0.25) is 5.02 Å². The highest BCUT2D eigenvalue weighted by atomic mass is 35.5. The number of hydrogen-bond donors (Lipinski definition) is 0. The third kappa shape index (κ3) is 5.56. The predicted octanol–water partition coefficient (Wildman–Crippen LogP) is 4.60. The lowest BCUT2D eigenvalue weighted by Crippen LogP contribution is -2.36. The zero-order chi connectivity index (χ0) is 23.1. The molecule has 2 aromatic rings. The molecule has 0 bridgehead atoms. The zero-order valence-electron chi connectivity index (χ0n) is 17.5. The third-order valence-corrected chi connectivity index (χ3v) is 4.68. The summed E-state index contributed by atoms with van der Waals surface area (Å²) in [6, 6.07) is 6.16. The Bertz CT molecular complexity index is 999. The van der Waals surface area contributed by atoms with Gasteiger partial charge in [-0.1, -0.05) is 11.6 Å². The van der Waals surface area contributed by atoms with Crippen LogP contribution in [0.15, 0.2) is 40.6 Å². The first kappa shape index (κ1) is 24.2. The molecule has 1 amide bonds. The van der Waals surface area contributed by atoms with Gasteiger partial charge in [0.15, 0.2) is 17.3 Å². The molecule has 0 fully saturated rings. The van der Waals surface area contributed by atoms with Crippen molar-refractivity contribution in [3.8, 4) is 23.0 Å². The minimum Gasteiger partial charge on any atom is -0.497 e. The van der Waals surface area contributed by atoms with E-state index in [1.807, 2.05) is 0 Å². The van der Waals surface area contributed by atoms with Gasteiger partial charge in [0.25, 0.3) is 5.91 Å². The Balaban J connectivity index is 2.43. The zero-order valence-corrected chi connectivity index (χ0v) is 19.0. The van der Waals surface area contributed by atoms with Crippen LogP contribution in [-0.4, -0.2) is 46.2 Å². The number of rotatable bonds is 9. The van der Waals surface area contributed by atoms with Gasteiger partial charge in [0, 0.05) is 28.9 Å². The maximum absolute atomic E-state index is 13.0. The van der Waals surface area contributed by atoms with Gasteiger partial charge in [-0.25, -0.2) is 4.42 Å². The van der Waals surface area contributed by atoms with Gasteiger partial charge in [0.05, 0.1) is 28.4 Å². The molecular formula is C20H21Cl2N3O6. The van der Waals surface area contributed by atoms with Crippen LogP contribution in [0, 0.1) is 0 Å². The fraction of sp³-hybridized carbons (Fsp3) is 0.300. The number of Topliss-reactive ketones (excluding diaryl/α,β-unsaturated/α-hetero) is 1. The first-order chi connectivity index (χ1) is 14.8. The number of nitrogens with zero attached hydrogens (tertiary/aromatic N) is 3. The summed E-state index contributed by atoms with van der Waals surface area (Å²) in [5.74, 6) is -0.125. The Morgan fingerprint density at radius 3 is 2.19 bits per heavy atom. The summed E-state index contributed by atoms with van der Waals surface area (Å²) < 4.78 is 21.6. The van der Waals surface area contributed by atoms with E-state index in [0.717, 1.165) is 4.42 Å². The molecule has 9 nitrogen and oxygen atoms in total. The smallest absolute Gasteiger partial charge is 0.276 e. The Hall–Kier alpha value is -3.04. The molecule has 2 rings (SSSR count). The van der Waals surface area contributed by atoms with Gasteiger partial charge in [-0.05, 0) is 25.1 Å². The Labute approximate surface area is 189 Å². The molecule has 0 aromatic heterocycles. The molecule has 31 heavy (non-hydrogen) atoms. The fourth-order valence-electron chi connectivity index (χ4n) is 2.59. The van der Waals surface area contributed by atoms with Crippen molar-refractivity contribution in [2.45, 2.75) is 13.0 Å². The van der Waals surface area contributed by atoms with Gasteiger partial charge in [0.2, 0.25) is 6.04 Å². The molecule has 0 N–H and O–H groups in total. The molecule has 0 aliphatic rings. The van der Waals surface area contributed by atoms with Crippen LogP contribution >= 0.6 is 23.4 Å². The van der Waals surface area contributed by atoms with Crippen LogP contribution in [0.5, 0.6) is 23.0 Å². The number of amides is 1. The summed E-state index contributed by atoms with van der Waals surface area (Å²) in [4.78, 5) is 25.1. The number of carbonyl (C=O) groups is 2. The predicted molar refractivity (Wildman–Crippen MR) is 116 cm³/mol. The second kappa shape index (κ2) is 10.8. The molecule has 166 valence electrons. The molecule has 2 aromatic carbocycles. The Kier molecular flexibility index (Phi) is 8.47. The first-order valence-electron chi connectivity index (χ1n) is 8.81. The van der Waals surface area contributed by atoms with Crippen molar-refractivity contribution in [1.82, 2.24) is 0 Å². The van der Waals surface area contributed by atoms with E-state index in [1.165, 1.54) is 53.6 Å². The Morgan fingerprint density at radius 2 is 1.65 bits per heavy atom.